The van der Waals surface area contributed by atoms with E-state index in [9.17, 15) is 0 Å². The molecular formula is C6H16I2Si2. The van der Waals surface area contributed by atoms with Gasteiger partial charge in [-0.15, -0.1) is 43.6 Å². The number of hydrogen-bond acceptors (Lipinski definition) is 0. The molecule has 0 N–H and O–H groups in total. The van der Waals surface area contributed by atoms with Crippen molar-refractivity contribution in [3.63, 3.8) is 0 Å². The van der Waals surface area contributed by atoms with Crippen LogP contribution in [0.25, 0.3) is 0 Å². The lowest BCUT2D eigenvalue weighted by molar-refractivity contribution is 1.34. The zero-order valence-electron chi connectivity index (χ0n) is 7.17. The Morgan fingerprint density at radius 1 is 0.800 bits per heavy atom. The highest BCUT2D eigenvalue weighted by atomic mass is 127. The molecule has 0 fully saturated rings. The molecule has 0 spiro atoms. The maximum Gasteiger partial charge on any atom is 0.119 e. The van der Waals surface area contributed by atoms with E-state index >= 15 is 0 Å². The molecule has 0 saturated heterocycles. The van der Waals surface area contributed by atoms with Crippen molar-refractivity contribution in [3.8, 4) is 0 Å². The van der Waals surface area contributed by atoms with Gasteiger partial charge >= 0.3 is 0 Å². The molecule has 0 unspecified atom stereocenters. The molecule has 0 radical (unpaired) electrons. The standard InChI is InChI=1S/C6H16I2Si2/c1-9(2,7)5-6-10(3,4)8/h5-6H2,1-4H3. The van der Waals surface area contributed by atoms with Crippen molar-refractivity contribution < 1.29 is 0 Å². The fourth-order valence-electron chi connectivity index (χ4n) is 0.594. The van der Waals surface area contributed by atoms with E-state index in [4.69, 9.17) is 0 Å². The second kappa shape index (κ2) is 4.22. The molecule has 0 rings (SSSR count). The quantitative estimate of drug-likeness (QED) is 0.379. The molecule has 0 aromatic heterocycles. The Hall–Kier alpha value is 1.89. The molecule has 0 atom stereocenters. The van der Waals surface area contributed by atoms with Crippen LogP contribution in [0, 0.1) is 0 Å². The topological polar surface area (TPSA) is 0 Å². The lowest BCUT2D eigenvalue weighted by Gasteiger charge is -2.18. The summed E-state index contributed by atoms with van der Waals surface area (Å²) in [6.07, 6.45) is 0. The third kappa shape index (κ3) is 9.89. The molecule has 4 heteroatoms. The van der Waals surface area contributed by atoms with Gasteiger partial charge in [-0.1, -0.05) is 38.3 Å². The number of rotatable bonds is 3. The van der Waals surface area contributed by atoms with Crippen LogP contribution in [0.5, 0.6) is 0 Å². The van der Waals surface area contributed by atoms with Gasteiger partial charge in [0.25, 0.3) is 0 Å². The average molecular weight is 398 g/mol. The Kier molecular flexibility index (Phi) is 5.02. The molecule has 0 amide bonds. The summed E-state index contributed by atoms with van der Waals surface area (Å²) in [5.74, 6) is 0. The van der Waals surface area contributed by atoms with Gasteiger partial charge in [-0.3, -0.25) is 0 Å². The fourth-order valence-corrected chi connectivity index (χ4v) is 10.2. The summed E-state index contributed by atoms with van der Waals surface area (Å²) in [6, 6.07) is 3.02. The summed E-state index contributed by atoms with van der Waals surface area (Å²) in [6.45, 7) is 9.80. The van der Waals surface area contributed by atoms with Gasteiger partial charge in [-0.25, -0.2) is 0 Å². The minimum Gasteiger partial charge on any atom is -0.119 e. The predicted molar refractivity (Wildman–Crippen MR) is 72.6 cm³/mol. The van der Waals surface area contributed by atoms with Crippen LogP contribution in [0.2, 0.25) is 38.3 Å². The van der Waals surface area contributed by atoms with E-state index in [1.165, 1.54) is 12.1 Å². The molecule has 0 aliphatic heterocycles. The molecule has 0 saturated carbocycles. The molecule has 0 nitrogen and oxygen atoms in total. The summed E-state index contributed by atoms with van der Waals surface area (Å²) in [5, 5.41) is 0. The van der Waals surface area contributed by atoms with Gasteiger partial charge in [-0.05, 0) is 0 Å². The van der Waals surface area contributed by atoms with Gasteiger partial charge in [0.1, 0.15) is 11.1 Å². The molecule has 0 aromatic carbocycles. The van der Waals surface area contributed by atoms with Crippen molar-refractivity contribution in [1.29, 1.82) is 0 Å². The van der Waals surface area contributed by atoms with Crippen molar-refractivity contribution in [1.82, 2.24) is 0 Å². The highest BCUT2D eigenvalue weighted by Gasteiger charge is 2.22. The summed E-state index contributed by atoms with van der Waals surface area (Å²) < 4.78 is 0. The zero-order valence-corrected chi connectivity index (χ0v) is 13.5. The van der Waals surface area contributed by atoms with Crippen LogP contribution in [0.3, 0.4) is 0 Å². The van der Waals surface area contributed by atoms with Gasteiger partial charge in [0.2, 0.25) is 0 Å². The second-order valence-corrected chi connectivity index (χ2v) is 29.3. The zero-order chi connectivity index (χ0) is 8.41. The Balaban J connectivity index is 3.56. The lowest BCUT2D eigenvalue weighted by Crippen LogP contribution is -2.22. The minimum atomic E-state index is -0.767. The first-order valence-electron chi connectivity index (χ1n) is 3.59. The van der Waals surface area contributed by atoms with Crippen LogP contribution in [0.1, 0.15) is 0 Å². The molecule has 0 aliphatic carbocycles. The maximum atomic E-state index is 2.67. The second-order valence-electron chi connectivity index (χ2n) is 3.94. The first kappa shape index (κ1) is 11.9. The van der Waals surface area contributed by atoms with Crippen molar-refractivity contribution in [2.45, 2.75) is 38.3 Å². The molecule has 10 heavy (non-hydrogen) atoms. The van der Waals surface area contributed by atoms with E-state index in [0.717, 1.165) is 0 Å². The van der Waals surface area contributed by atoms with Crippen molar-refractivity contribution in [3.05, 3.63) is 0 Å². The summed E-state index contributed by atoms with van der Waals surface area (Å²) >= 11 is 5.35. The lowest BCUT2D eigenvalue weighted by atomic mass is 10.9. The van der Waals surface area contributed by atoms with Crippen LogP contribution in [0.15, 0.2) is 0 Å². The van der Waals surface area contributed by atoms with Gasteiger partial charge < -0.3 is 0 Å². The van der Waals surface area contributed by atoms with Crippen LogP contribution in [0.4, 0.5) is 0 Å². The van der Waals surface area contributed by atoms with Gasteiger partial charge in [0, 0.05) is 0 Å². The molecule has 0 heterocycles. The van der Waals surface area contributed by atoms with Crippen molar-refractivity contribution >= 4 is 54.7 Å². The summed E-state index contributed by atoms with van der Waals surface area (Å²) in [7, 11) is 0. The largest absolute Gasteiger partial charge is 0.119 e. The van der Waals surface area contributed by atoms with Gasteiger partial charge in [0.05, 0.1) is 0 Å². The molecule has 0 aliphatic rings. The van der Waals surface area contributed by atoms with Crippen LogP contribution in [-0.2, 0) is 0 Å². The van der Waals surface area contributed by atoms with E-state index in [-0.39, 0.29) is 0 Å². The van der Waals surface area contributed by atoms with Crippen molar-refractivity contribution in [2.75, 3.05) is 0 Å². The van der Waals surface area contributed by atoms with Crippen molar-refractivity contribution in [2.24, 2.45) is 0 Å². The third-order valence-electron chi connectivity index (χ3n) is 1.31. The first-order valence-corrected chi connectivity index (χ1v) is 16.2. The molecule has 0 aromatic rings. The average Bonchev–Trinajstić information content (AvgIpc) is 1.57. The normalized spacial score (nSPS) is 13.8. The highest BCUT2D eigenvalue weighted by molar-refractivity contribution is 14.1. The van der Waals surface area contributed by atoms with E-state index in [1.54, 1.807) is 0 Å². The Morgan fingerprint density at radius 2 is 1.00 bits per heavy atom. The van der Waals surface area contributed by atoms with Crippen LogP contribution in [-0.4, -0.2) is 11.1 Å². The van der Waals surface area contributed by atoms with E-state index in [2.05, 4.69) is 69.8 Å². The Morgan fingerprint density at radius 3 is 1.10 bits per heavy atom. The Bertz CT molecular complexity index is 87.3. The van der Waals surface area contributed by atoms with Crippen LogP contribution >= 0.6 is 43.6 Å². The smallest absolute Gasteiger partial charge is 0.119 e. The van der Waals surface area contributed by atoms with E-state index < -0.39 is 11.1 Å². The van der Waals surface area contributed by atoms with E-state index in [1.807, 2.05) is 0 Å². The van der Waals surface area contributed by atoms with Gasteiger partial charge in [0.15, 0.2) is 0 Å². The summed E-state index contributed by atoms with van der Waals surface area (Å²) in [5.41, 5.74) is -1.53. The predicted octanol–water partition coefficient (Wildman–Crippen LogP) is 4.27. The minimum absolute atomic E-state index is 0.767. The molecular weight excluding hydrogens is 382 g/mol. The number of hydrogen-bond donors (Lipinski definition) is 0. The number of halogens is 2. The summed E-state index contributed by atoms with van der Waals surface area (Å²) in [4.78, 5) is 0. The fraction of sp³-hybridized carbons (Fsp3) is 1.00. The van der Waals surface area contributed by atoms with Crippen LogP contribution < -0.4 is 0 Å². The first-order chi connectivity index (χ1) is 4.21. The van der Waals surface area contributed by atoms with Gasteiger partial charge in [-0.2, -0.15) is 0 Å². The third-order valence-corrected chi connectivity index (χ3v) is 7.93. The molecule has 0 bridgehead atoms. The SMILES string of the molecule is C[Si](C)(I)CC[Si](C)(C)I. The molecule has 62 valence electrons. The van der Waals surface area contributed by atoms with E-state index in [0.29, 0.717) is 0 Å². The maximum absolute atomic E-state index is 2.67. The monoisotopic (exact) mass is 398 g/mol. The Labute approximate surface area is 92.0 Å². The highest BCUT2D eigenvalue weighted by Crippen LogP contribution is 2.27.